The summed E-state index contributed by atoms with van der Waals surface area (Å²) >= 11 is 3.54. The Hall–Kier alpha value is -2.47. The molecule has 0 unspecified atom stereocenters. The number of fused-ring (bicyclic) bond motifs is 1. The van der Waals surface area contributed by atoms with Gasteiger partial charge in [-0.3, -0.25) is 0 Å². The molecule has 1 aliphatic heterocycles. The summed E-state index contributed by atoms with van der Waals surface area (Å²) in [6, 6.07) is 13.9. The van der Waals surface area contributed by atoms with Crippen molar-refractivity contribution in [2.45, 2.75) is 13.5 Å². The van der Waals surface area contributed by atoms with E-state index in [1.807, 2.05) is 42.5 Å². The first kappa shape index (κ1) is 16.0. The predicted octanol–water partition coefficient (Wildman–Crippen LogP) is 4.86. The molecule has 128 valence electrons. The van der Waals surface area contributed by atoms with Gasteiger partial charge in [0, 0.05) is 22.8 Å². The van der Waals surface area contributed by atoms with Crippen molar-refractivity contribution in [3.8, 4) is 23.0 Å². The summed E-state index contributed by atoms with van der Waals surface area (Å²) < 4.78 is 17.5. The van der Waals surface area contributed by atoms with Crippen LogP contribution >= 0.6 is 15.9 Å². The number of aromatic nitrogens is 1. The zero-order valence-corrected chi connectivity index (χ0v) is 15.3. The summed E-state index contributed by atoms with van der Waals surface area (Å²) in [6.07, 6.45) is 1.71. The normalized spacial score (nSPS) is 12.4. The van der Waals surface area contributed by atoms with E-state index in [0.29, 0.717) is 12.4 Å². The van der Waals surface area contributed by atoms with Crippen LogP contribution in [0.2, 0.25) is 0 Å². The standard InChI is InChI=1S/C19H17BrN2O3/c1-2-22(14-7-8-17-18(9-14)25-12-24-17)10-13-11-23-19(21-13)15-5-3-4-6-16(15)20/h3-9,11H,2,10,12H2,1H3. The fraction of sp³-hybridized carbons (Fsp3) is 0.211. The van der Waals surface area contributed by atoms with Crippen LogP contribution in [0.25, 0.3) is 11.5 Å². The first-order chi connectivity index (χ1) is 12.2. The molecule has 0 fully saturated rings. The molecule has 2 heterocycles. The van der Waals surface area contributed by atoms with E-state index in [-0.39, 0.29) is 6.79 Å². The maximum Gasteiger partial charge on any atom is 0.231 e. The largest absolute Gasteiger partial charge is 0.454 e. The molecule has 1 aliphatic rings. The Balaban J connectivity index is 1.56. The third kappa shape index (κ3) is 3.22. The second kappa shape index (κ2) is 6.80. The van der Waals surface area contributed by atoms with Crippen molar-refractivity contribution in [2.75, 3.05) is 18.2 Å². The fourth-order valence-corrected chi connectivity index (χ4v) is 3.26. The molecule has 0 atom stereocenters. The minimum atomic E-state index is 0.281. The zero-order valence-electron chi connectivity index (χ0n) is 13.7. The van der Waals surface area contributed by atoms with E-state index >= 15 is 0 Å². The van der Waals surface area contributed by atoms with E-state index in [1.54, 1.807) is 6.26 Å². The van der Waals surface area contributed by atoms with Crippen LogP contribution in [0.3, 0.4) is 0 Å². The molecule has 6 heteroatoms. The average Bonchev–Trinajstić information content (AvgIpc) is 3.28. The molecule has 0 bridgehead atoms. The SMILES string of the molecule is CCN(Cc1coc(-c2ccccc2Br)n1)c1ccc2c(c1)OCO2. The van der Waals surface area contributed by atoms with Crippen LogP contribution in [-0.2, 0) is 6.54 Å². The number of hydrogen-bond acceptors (Lipinski definition) is 5. The van der Waals surface area contributed by atoms with Gasteiger partial charge in [-0.1, -0.05) is 12.1 Å². The van der Waals surface area contributed by atoms with Gasteiger partial charge in [0.15, 0.2) is 11.5 Å². The van der Waals surface area contributed by atoms with Crippen molar-refractivity contribution in [1.82, 2.24) is 4.98 Å². The Morgan fingerprint density at radius 3 is 2.80 bits per heavy atom. The number of hydrogen-bond donors (Lipinski definition) is 0. The second-order valence-corrected chi connectivity index (χ2v) is 6.53. The minimum Gasteiger partial charge on any atom is -0.454 e. The van der Waals surface area contributed by atoms with Gasteiger partial charge in [-0.15, -0.1) is 0 Å². The highest BCUT2D eigenvalue weighted by Crippen LogP contribution is 2.36. The molecule has 0 amide bonds. The predicted molar refractivity (Wildman–Crippen MR) is 98.9 cm³/mol. The number of oxazole rings is 1. The maximum atomic E-state index is 5.67. The molecule has 0 saturated carbocycles. The number of anilines is 1. The highest BCUT2D eigenvalue weighted by molar-refractivity contribution is 9.10. The Labute approximate surface area is 154 Å². The molecule has 25 heavy (non-hydrogen) atoms. The van der Waals surface area contributed by atoms with Gasteiger partial charge in [0.1, 0.15) is 6.26 Å². The topological polar surface area (TPSA) is 47.7 Å². The first-order valence-electron chi connectivity index (χ1n) is 8.08. The second-order valence-electron chi connectivity index (χ2n) is 5.68. The summed E-state index contributed by atoms with van der Waals surface area (Å²) in [5.74, 6) is 2.19. The molecule has 4 rings (SSSR count). The van der Waals surface area contributed by atoms with Gasteiger partial charge in [0.25, 0.3) is 0 Å². The lowest BCUT2D eigenvalue weighted by atomic mass is 10.2. The Kier molecular flexibility index (Phi) is 4.36. The van der Waals surface area contributed by atoms with E-state index < -0.39 is 0 Å². The van der Waals surface area contributed by atoms with Crippen molar-refractivity contribution in [2.24, 2.45) is 0 Å². The van der Waals surface area contributed by atoms with Crippen molar-refractivity contribution in [3.05, 3.63) is 58.9 Å². The Bertz CT molecular complexity index is 894. The van der Waals surface area contributed by atoms with E-state index in [4.69, 9.17) is 13.9 Å². The Morgan fingerprint density at radius 1 is 1.12 bits per heavy atom. The smallest absolute Gasteiger partial charge is 0.231 e. The first-order valence-corrected chi connectivity index (χ1v) is 8.88. The number of ether oxygens (including phenoxy) is 2. The molecule has 5 nitrogen and oxygen atoms in total. The van der Waals surface area contributed by atoms with Gasteiger partial charge in [0.2, 0.25) is 12.7 Å². The summed E-state index contributed by atoms with van der Waals surface area (Å²) in [7, 11) is 0. The summed E-state index contributed by atoms with van der Waals surface area (Å²) in [4.78, 5) is 6.84. The molecule has 2 aromatic carbocycles. The molecular weight excluding hydrogens is 384 g/mol. The van der Waals surface area contributed by atoms with Crippen LogP contribution in [0.15, 0.2) is 57.6 Å². The molecular formula is C19H17BrN2O3. The van der Waals surface area contributed by atoms with E-state index in [0.717, 1.165) is 39.5 Å². The summed E-state index contributed by atoms with van der Waals surface area (Å²) in [6.45, 7) is 3.89. The van der Waals surface area contributed by atoms with Gasteiger partial charge in [-0.2, -0.15) is 0 Å². The van der Waals surface area contributed by atoms with Crippen molar-refractivity contribution in [3.63, 3.8) is 0 Å². The summed E-state index contributed by atoms with van der Waals surface area (Å²) in [5.41, 5.74) is 2.89. The molecule has 0 spiro atoms. The molecule has 0 N–H and O–H groups in total. The monoisotopic (exact) mass is 400 g/mol. The Morgan fingerprint density at radius 2 is 1.96 bits per heavy atom. The van der Waals surface area contributed by atoms with Gasteiger partial charge in [-0.25, -0.2) is 4.98 Å². The lowest BCUT2D eigenvalue weighted by molar-refractivity contribution is 0.174. The van der Waals surface area contributed by atoms with E-state index in [1.165, 1.54) is 0 Å². The highest BCUT2D eigenvalue weighted by Gasteiger charge is 2.17. The number of benzene rings is 2. The lowest BCUT2D eigenvalue weighted by Crippen LogP contribution is -2.22. The summed E-state index contributed by atoms with van der Waals surface area (Å²) in [5, 5.41) is 0. The average molecular weight is 401 g/mol. The number of rotatable bonds is 5. The molecule has 0 saturated heterocycles. The third-order valence-electron chi connectivity index (χ3n) is 4.11. The minimum absolute atomic E-state index is 0.281. The third-order valence-corrected chi connectivity index (χ3v) is 4.80. The molecule has 0 radical (unpaired) electrons. The highest BCUT2D eigenvalue weighted by atomic mass is 79.9. The zero-order chi connectivity index (χ0) is 17.2. The van der Waals surface area contributed by atoms with Crippen LogP contribution in [0.5, 0.6) is 11.5 Å². The van der Waals surface area contributed by atoms with Crippen molar-refractivity contribution < 1.29 is 13.9 Å². The molecule has 0 aliphatic carbocycles. The molecule has 3 aromatic rings. The van der Waals surface area contributed by atoms with E-state index in [2.05, 4.69) is 32.7 Å². The van der Waals surface area contributed by atoms with Crippen LogP contribution in [-0.4, -0.2) is 18.3 Å². The van der Waals surface area contributed by atoms with Gasteiger partial charge in [-0.05, 0) is 47.1 Å². The van der Waals surface area contributed by atoms with Gasteiger partial charge < -0.3 is 18.8 Å². The van der Waals surface area contributed by atoms with Gasteiger partial charge in [0.05, 0.1) is 17.8 Å². The maximum absolute atomic E-state index is 5.67. The van der Waals surface area contributed by atoms with Crippen LogP contribution < -0.4 is 14.4 Å². The molecule has 1 aromatic heterocycles. The quantitative estimate of drug-likeness (QED) is 0.611. The van der Waals surface area contributed by atoms with Crippen LogP contribution in [0.1, 0.15) is 12.6 Å². The van der Waals surface area contributed by atoms with Gasteiger partial charge >= 0.3 is 0 Å². The van der Waals surface area contributed by atoms with E-state index in [9.17, 15) is 0 Å². The van der Waals surface area contributed by atoms with Crippen molar-refractivity contribution >= 4 is 21.6 Å². The van der Waals surface area contributed by atoms with Crippen LogP contribution in [0.4, 0.5) is 5.69 Å². The van der Waals surface area contributed by atoms with Crippen LogP contribution in [0, 0.1) is 0 Å². The number of nitrogens with zero attached hydrogens (tertiary/aromatic N) is 2. The fourth-order valence-electron chi connectivity index (χ4n) is 2.80. The lowest BCUT2D eigenvalue weighted by Gasteiger charge is -2.22. The number of halogens is 1. The van der Waals surface area contributed by atoms with Crippen molar-refractivity contribution in [1.29, 1.82) is 0 Å².